The largest absolute Gasteiger partial charge is 0.480 e. The zero-order chi connectivity index (χ0) is 81.3. The lowest BCUT2D eigenvalue weighted by molar-refractivity contribution is -0.146. The van der Waals surface area contributed by atoms with Gasteiger partial charge in [-0.05, 0) is 86.0 Å². The minimum atomic E-state index is -1.42. The third-order valence-electron chi connectivity index (χ3n) is 21.0. The number of hydrogen-bond donors (Lipinski definition) is 10. The lowest BCUT2D eigenvalue weighted by Gasteiger charge is -2.29. The van der Waals surface area contributed by atoms with Crippen molar-refractivity contribution in [3.63, 3.8) is 0 Å². The van der Waals surface area contributed by atoms with E-state index in [2.05, 4.69) is 48.2 Å². The van der Waals surface area contributed by atoms with Gasteiger partial charge in [0.15, 0.2) is 6.10 Å². The van der Waals surface area contributed by atoms with Crippen LogP contribution in [-0.4, -0.2) is 321 Å². The highest BCUT2D eigenvalue weighted by Crippen LogP contribution is 2.29. The molecule has 112 heavy (non-hydrogen) atoms. The Morgan fingerprint density at radius 1 is 0.473 bits per heavy atom. The number of rotatable bonds is 15. The van der Waals surface area contributed by atoms with Crippen molar-refractivity contribution in [2.24, 2.45) is 0 Å². The second-order valence-electron chi connectivity index (χ2n) is 29.2. The minimum Gasteiger partial charge on any atom is -0.480 e. The molecule has 2 unspecified atom stereocenters. The third-order valence-corrected chi connectivity index (χ3v) is 21.0. The maximum absolute atomic E-state index is 13.2. The third kappa shape index (κ3) is 25.6. The van der Waals surface area contributed by atoms with Crippen LogP contribution in [-0.2, 0) is 110 Å². The fourth-order valence-electron chi connectivity index (χ4n) is 14.5. The molecule has 0 radical (unpaired) electrons. The molecule has 7 fully saturated rings. The van der Waals surface area contributed by atoms with E-state index in [4.69, 9.17) is 48.8 Å². The smallest absolute Gasteiger partial charge is 0.410 e. The number of benzene rings is 3. The molecule has 0 bridgehead atoms. The van der Waals surface area contributed by atoms with Crippen LogP contribution in [0.25, 0.3) is 0 Å². The van der Waals surface area contributed by atoms with Crippen LogP contribution < -0.4 is 26.6 Å². The van der Waals surface area contributed by atoms with Gasteiger partial charge >= 0.3 is 60.1 Å². The van der Waals surface area contributed by atoms with Crippen molar-refractivity contribution in [3.8, 4) is 0 Å². The number of carbonyl (C=O) groups excluding carboxylic acids is 10. The predicted molar refractivity (Wildman–Crippen MR) is 399 cm³/mol. The van der Waals surface area contributed by atoms with Crippen molar-refractivity contribution < 1.29 is 116 Å². The molecule has 9 aliphatic heterocycles. The first-order valence-corrected chi connectivity index (χ1v) is 38.0. The van der Waals surface area contributed by atoms with Gasteiger partial charge in [-0.15, -0.1) is 0 Å². The first kappa shape index (κ1) is 88.2. The number of β-amino-alcohol motifs (C(OH)–C–C–N with tert-alkyl or cyclic N) is 3. The summed E-state index contributed by atoms with van der Waals surface area (Å²) in [6, 6.07) is 20.1. The van der Waals surface area contributed by atoms with Gasteiger partial charge < -0.3 is 110 Å². The second-order valence-corrected chi connectivity index (χ2v) is 29.2. The highest BCUT2D eigenvalue weighted by atomic mass is 16.6. The van der Waals surface area contributed by atoms with Crippen molar-refractivity contribution >= 4 is 66.0 Å². The number of esters is 5. The van der Waals surface area contributed by atoms with Gasteiger partial charge in [-0.2, -0.15) is 0 Å². The molecular weight excluding hydrogens is 1460 g/mol. The molecule has 0 aromatic heterocycles. The topological polar surface area (TPSA) is 442 Å². The number of carboxylic acids is 1. The Morgan fingerprint density at radius 3 is 1.27 bits per heavy atom. The lowest BCUT2D eigenvalue weighted by atomic mass is 10.0. The summed E-state index contributed by atoms with van der Waals surface area (Å²) in [5, 5.41) is 59.8. The Hall–Kier alpha value is -9.33. The Balaban J connectivity index is 0.000000182. The van der Waals surface area contributed by atoms with Gasteiger partial charge in [-0.25, -0.2) is 24.0 Å². The van der Waals surface area contributed by atoms with Gasteiger partial charge in [0.2, 0.25) is 0 Å². The zero-order valence-electron chi connectivity index (χ0n) is 64.9. The standard InChI is InChI=1S/C26H36N4O7.C17H22N2O4.C16H20N2O4.C7H13NO3.C6H11NO3.C5H9NO3/c1-3-6-20(22(31)23(32)27-18-9-10-18)28-25(34)30-15-19(13-21(30)24(33)36-2)37-26(35)29-12-11-16-7-4-5-8-17(16)14-29;1-18-11-14(9-15(18)16(20)22-2)23-17(21)19-8-7-12-5-3-4-6-13(12)10-19;1-21-15(19)14-8-13(9-17-14)22-16(20)18-7-6-11-4-2-3-5-12(11)10-18;1-8-4-5(9)3-6(8)7(10)11-2;1-10-6(9)5-2-4(8)3-7-5;7-3-1-4(5(8)9)6-2-3/h4-5,7-8,18-22,31H,3,6,9-15H2,1-2H3,(H,27,32)(H,28,34);3-6,14-15H,7-11H2,1-2H3;2-5,13-14,17H,6-10H2,1H3;5-6,9H,3-4H2,1-2H3;4-5,7-8H,2-3H2,1H3;3-4,6-7H,1-2H2,(H,8,9)/t19-,20?,21+,22?;14-,15+;13-,14+;5-,6+;4-,5+;3-,4+/m000000/s1. The molecule has 35 heteroatoms. The van der Waals surface area contributed by atoms with Crippen molar-refractivity contribution in [3.05, 3.63) is 106 Å². The number of ether oxygens (including phenoxy) is 8. The Morgan fingerprint density at radius 2 is 0.866 bits per heavy atom. The number of urea groups is 1. The number of carbonyl (C=O) groups is 11. The molecule has 3 aromatic rings. The van der Waals surface area contributed by atoms with E-state index in [9.17, 15) is 57.8 Å². The summed E-state index contributed by atoms with van der Waals surface area (Å²) in [5.74, 6) is -3.18. The Kier molecular flexibility index (Phi) is 33.9. The highest BCUT2D eigenvalue weighted by molar-refractivity contribution is 5.87. The zero-order valence-corrected chi connectivity index (χ0v) is 64.9. The number of likely N-dealkylation sites (tertiary alicyclic amines) is 3. The number of aliphatic hydroxyl groups is 4. The lowest BCUT2D eigenvalue weighted by Crippen LogP contribution is -2.55. The van der Waals surface area contributed by atoms with Gasteiger partial charge in [0, 0.05) is 117 Å². The number of nitrogens with one attached hydrogen (secondary N) is 5. The molecule has 13 rings (SSSR count). The van der Waals surface area contributed by atoms with Crippen molar-refractivity contribution in [2.45, 2.75) is 201 Å². The van der Waals surface area contributed by atoms with E-state index in [1.165, 1.54) is 68.3 Å². The molecule has 1 aliphatic carbocycles. The van der Waals surface area contributed by atoms with Gasteiger partial charge in [0.1, 0.15) is 54.6 Å². The highest BCUT2D eigenvalue weighted by Gasteiger charge is 2.45. The van der Waals surface area contributed by atoms with Crippen molar-refractivity contribution in [2.75, 3.05) is 109 Å². The molecule has 1 saturated carbocycles. The molecule has 9 heterocycles. The van der Waals surface area contributed by atoms with E-state index in [0.29, 0.717) is 117 Å². The Bertz CT molecular complexity index is 3690. The summed E-state index contributed by atoms with van der Waals surface area (Å²) >= 11 is 0. The molecular formula is C77H111N11O24. The van der Waals surface area contributed by atoms with E-state index in [1.807, 2.05) is 79.5 Å². The molecule has 3 aromatic carbocycles. The minimum absolute atomic E-state index is 0.00895. The summed E-state index contributed by atoms with van der Waals surface area (Å²) in [6.45, 7) is 7.79. The van der Waals surface area contributed by atoms with Gasteiger partial charge in [-0.3, -0.25) is 38.6 Å². The van der Waals surface area contributed by atoms with Gasteiger partial charge in [0.25, 0.3) is 5.91 Å². The van der Waals surface area contributed by atoms with Crippen LogP contribution in [0.5, 0.6) is 0 Å². The fourth-order valence-corrected chi connectivity index (χ4v) is 14.5. The normalized spacial score (nSPS) is 25.9. The summed E-state index contributed by atoms with van der Waals surface area (Å²) in [7, 11) is 10.3. The molecule has 10 aliphatic rings. The van der Waals surface area contributed by atoms with Crippen LogP contribution in [0.1, 0.15) is 105 Å². The van der Waals surface area contributed by atoms with Crippen LogP contribution in [0.4, 0.5) is 19.2 Å². The number of aliphatic carboxylic acids is 1. The van der Waals surface area contributed by atoms with E-state index < -0.39 is 72.5 Å². The average molecular weight is 1570 g/mol. The van der Waals surface area contributed by atoms with Gasteiger partial charge in [0.05, 0.1) is 66.4 Å². The number of nitrogens with zero attached hydrogens (tertiary/aromatic N) is 6. The fraction of sp³-hybridized carbons (Fsp3) is 0.623. The van der Waals surface area contributed by atoms with E-state index in [-0.39, 0.29) is 97.6 Å². The Labute approximate surface area is 651 Å². The molecule has 618 valence electrons. The number of fused-ring (bicyclic) bond motifs is 3. The number of hydrogen-bond acceptors (Lipinski definition) is 28. The van der Waals surface area contributed by atoms with E-state index in [0.717, 1.165) is 37.7 Å². The average Bonchev–Trinajstić information content (AvgIpc) is 1.65. The van der Waals surface area contributed by atoms with Crippen LogP contribution in [0.15, 0.2) is 72.8 Å². The van der Waals surface area contributed by atoms with Crippen LogP contribution >= 0.6 is 0 Å². The van der Waals surface area contributed by atoms with Crippen molar-refractivity contribution in [1.29, 1.82) is 0 Å². The molecule has 6 saturated heterocycles. The predicted octanol–water partition coefficient (Wildman–Crippen LogP) is 0.727. The molecule has 0 spiro atoms. The molecule has 10 N–H and O–H groups in total. The maximum Gasteiger partial charge on any atom is 0.410 e. The summed E-state index contributed by atoms with van der Waals surface area (Å²) in [6.07, 6.45) is 2.44. The van der Waals surface area contributed by atoms with E-state index in [1.54, 1.807) is 26.6 Å². The molecule has 14 atom stereocenters. The van der Waals surface area contributed by atoms with Crippen LogP contribution in [0.2, 0.25) is 0 Å². The van der Waals surface area contributed by atoms with Crippen LogP contribution in [0.3, 0.4) is 0 Å². The number of likely N-dealkylation sites (N-methyl/N-ethyl adjacent to an activating group) is 2. The van der Waals surface area contributed by atoms with Crippen LogP contribution in [0, 0.1) is 0 Å². The van der Waals surface area contributed by atoms with Gasteiger partial charge in [-0.1, -0.05) is 86.1 Å². The first-order chi connectivity index (χ1) is 53.6. The number of carboxylic acid groups (broad SMARTS) is 1. The SMILES string of the molecule is CCCC(NC(=O)N1C[C@@H](OC(=O)N2CCc3ccccc3C2)C[C@@H]1C(=O)OC)C(O)C(=O)NC1CC1.COC(=O)[C@H]1C[C@H](O)CN1.COC(=O)[C@H]1C[C@H](O)CN1C.COC(=O)[C@H]1C[C@H](OC(=O)N2CCc3ccccc3C2)CN1.COC(=O)[C@H]1C[C@H](OC(=O)N2CCc3ccccc3C2)CN1C.O=C(O)[C@H]1C[C@H](O)CN1. The number of aliphatic hydroxyl groups excluding tert-OH is 4. The maximum atomic E-state index is 13.2. The number of amides is 6. The second kappa shape index (κ2) is 43.1. The monoisotopic (exact) mass is 1570 g/mol. The first-order valence-electron chi connectivity index (χ1n) is 38.0. The van der Waals surface area contributed by atoms with Crippen molar-refractivity contribution in [1.82, 2.24) is 56.0 Å². The summed E-state index contributed by atoms with van der Waals surface area (Å²) in [4.78, 5) is 141. The molecule has 6 amide bonds. The molecule has 35 nitrogen and oxygen atoms in total. The summed E-state index contributed by atoms with van der Waals surface area (Å²) < 4.78 is 40.2. The quantitative estimate of drug-likeness (QED) is 0.0740. The summed E-state index contributed by atoms with van der Waals surface area (Å²) in [5.41, 5.74) is 7.20. The van der Waals surface area contributed by atoms with E-state index >= 15 is 0 Å². The number of methoxy groups -OCH3 is 5.